The van der Waals surface area contributed by atoms with Crippen LogP contribution >= 0.6 is 11.8 Å². The summed E-state index contributed by atoms with van der Waals surface area (Å²) in [7, 11) is 2.74. The van der Waals surface area contributed by atoms with Gasteiger partial charge < -0.3 is 14.4 Å². The minimum absolute atomic E-state index is 0.157. The maximum Gasteiger partial charge on any atom is 0.337 e. The molecule has 0 amide bonds. The van der Waals surface area contributed by atoms with E-state index in [1.54, 1.807) is 0 Å². The largest absolute Gasteiger partial charge is 0.468 e. The van der Waals surface area contributed by atoms with Crippen LogP contribution in [-0.4, -0.2) is 48.4 Å². The maximum atomic E-state index is 12.8. The average molecular weight is 359 g/mol. The second-order valence-corrected chi connectivity index (χ2v) is 8.02. The highest BCUT2D eigenvalue weighted by molar-refractivity contribution is 8.02. The molecule has 0 spiro atoms. The number of carbonyl (C=O) groups excluding carboxylic acids is 2. The number of methoxy groups -OCH3 is 2. The van der Waals surface area contributed by atoms with E-state index in [0.717, 1.165) is 35.5 Å². The molecule has 3 aliphatic rings. The van der Waals surface area contributed by atoms with Crippen LogP contribution < -0.4 is 0 Å². The molecule has 1 saturated heterocycles. The highest BCUT2D eigenvalue weighted by atomic mass is 32.2. The van der Waals surface area contributed by atoms with Crippen LogP contribution in [0.5, 0.6) is 0 Å². The molecule has 1 aliphatic carbocycles. The summed E-state index contributed by atoms with van der Waals surface area (Å²) in [5.74, 6) is -0.971. The van der Waals surface area contributed by atoms with Gasteiger partial charge >= 0.3 is 11.9 Å². The van der Waals surface area contributed by atoms with Gasteiger partial charge in [-0.1, -0.05) is 18.2 Å². The molecule has 2 aliphatic heterocycles. The van der Waals surface area contributed by atoms with Crippen LogP contribution in [0.1, 0.15) is 31.2 Å². The lowest BCUT2D eigenvalue weighted by Crippen LogP contribution is -2.56. The van der Waals surface area contributed by atoms with Crippen LogP contribution in [0.4, 0.5) is 0 Å². The Morgan fingerprint density at radius 3 is 2.64 bits per heavy atom. The summed E-state index contributed by atoms with van der Waals surface area (Å²) >= 11 is 1.42. The summed E-state index contributed by atoms with van der Waals surface area (Å²) in [4.78, 5) is 28.8. The van der Waals surface area contributed by atoms with Gasteiger partial charge in [-0.05, 0) is 31.4 Å². The van der Waals surface area contributed by atoms with Crippen molar-refractivity contribution in [1.29, 1.82) is 0 Å². The molecule has 1 fully saturated rings. The third-order valence-electron chi connectivity index (χ3n) is 5.55. The van der Waals surface area contributed by atoms with Crippen LogP contribution in [-0.2, 0) is 19.1 Å². The molecule has 0 saturated carbocycles. The number of benzene rings is 1. The molecule has 0 aromatic heterocycles. The van der Waals surface area contributed by atoms with Crippen molar-refractivity contribution in [3.05, 3.63) is 41.1 Å². The summed E-state index contributed by atoms with van der Waals surface area (Å²) in [6.45, 7) is 3.07. The van der Waals surface area contributed by atoms with Crippen molar-refractivity contribution in [2.24, 2.45) is 0 Å². The molecular formula is C19H21NO4S. The number of carbonyl (C=O) groups is 2. The van der Waals surface area contributed by atoms with E-state index in [2.05, 4.69) is 11.8 Å². The number of hydrogen-bond donors (Lipinski definition) is 0. The van der Waals surface area contributed by atoms with Crippen molar-refractivity contribution in [3.63, 3.8) is 0 Å². The van der Waals surface area contributed by atoms with Gasteiger partial charge in [0.2, 0.25) is 0 Å². The van der Waals surface area contributed by atoms with E-state index in [0.29, 0.717) is 11.6 Å². The molecule has 6 heteroatoms. The number of rotatable bonds is 3. The Kier molecular flexibility index (Phi) is 3.83. The number of likely N-dealkylation sites (tertiary alicyclic amines) is 1. The number of nitrogens with zero attached hydrogens (tertiary/aromatic N) is 1. The quantitative estimate of drug-likeness (QED) is 0.774. The second kappa shape index (κ2) is 5.80. The lowest BCUT2D eigenvalue weighted by atomic mass is 9.66. The summed E-state index contributed by atoms with van der Waals surface area (Å²) in [5, 5.41) is 0. The van der Waals surface area contributed by atoms with Gasteiger partial charge in [-0.25, -0.2) is 4.79 Å². The van der Waals surface area contributed by atoms with Crippen molar-refractivity contribution in [2.75, 3.05) is 20.8 Å². The normalized spacial score (nSPS) is 29.8. The van der Waals surface area contributed by atoms with Gasteiger partial charge in [-0.15, -0.1) is 11.8 Å². The van der Waals surface area contributed by atoms with Crippen LogP contribution in [0.2, 0.25) is 0 Å². The molecule has 5 nitrogen and oxygen atoms in total. The number of hydrogen-bond acceptors (Lipinski definition) is 6. The molecule has 3 atom stereocenters. The number of esters is 2. The zero-order valence-corrected chi connectivity index (χ0v) is 15.4. The Morgan fingerprint density at radius 1 is 1.24 bits per heavy atom. The first-order chi connectivity index (χ1) is 12.1. The van der Waals surface area contributed by atoms with E-state index in [4.69, 9.17) is 9.47 Å². The minimum atomic E-state index is -1.02. The monoisotopic (exact) mass is 359 g/mol. The van der Waals surface area contributed by atoms with E-state index in [1.165, 1.54) is 26.0 Å². The first-order valence-corrected chi connectivity index (χ1v) is 9.33. The van der Waals surface area contributed by atoms with Gasteiger partial charge in [-0.3, -0.25) is 4.79 Å². The topological polar surface area (TPSA) is 55.8 Å². The van der Waals surface area contributed by atoms with Crippen molar-refractivity contribution in [2.45, 2.75) is 41.4 Å². The molecule has 1 aromatic rings. The van der Waals surface area contributed by atoms with Gasteiger partial charge in [0.1, 0.15) is 0 Å². The smallest absolute Gasteiger partial charge is 0.337 e. The first kappa shape index (κ1) is 16.5. The fraction of sp³-hybridized carbons (Fsp3) is 0.474. The molecule has 4 rings (SSSR count). The van der Waals surface area contributed by atoms with E-state index in [9.17, 15) is 9.59 Å². The second-order valence-electron chi connectivity index (χ2n) is 6.74. The van der Waals surface area contributed by atoms with E-state index < -0.39 is 10.7 Å². The van der Waals surface area contributed by atoms with Crippen LogP contribution in [0.3, 0.4) is 0 Å². The number of thioether (sulfide) groups is 1. The molecule has 25 heavy (non-hydrogen) atoms. The number of allylic oxidation sites excluding steroid dienone is 1. The molecule has 0 unspecified atom stereocenters. The van der Waals surface area contributed by atoms with E-state index in [1.807, 2.05) is 24.3 Å². The van der Waals surface area contributed by atoms with Crippen molar-refractivity contribution in [1.82, 2.24) is 4.90 Å². The highest BCUT2D eigenvalue weighted by Crippen LogP contribution is 2.68. The molecule has 2 heterocycles. The lowest BCUT2D eigenvalue weighted by Gasteiger charge is -2.48. The van der Waals surface area contributed by atoms with Crippen molar-refractivity contribution < 1.29 is 19.1 Å². The third-order valence-corrected chi connectivity index (χ3v) is 7.07. The minimum Gasteiger partial charge on any atom is -0.468 e. The predicted octanol–water partition coefficient (Wildman–Crippen LogP) is 2.71. The molecule has 0 N–H and O–H groups in total. The maximum absolute atomic E-state index is 12.8. The highest BCUT2D eigenvalue weighted by Gasteiger charge is 2.69. The lowest BCUT2D eigenvalue weighted by molar-refractivity contribution is -0.147. The zero-order chi connectivity index (χ0) is 17.8. The molecular weight excluding hydrogens is 338 g/mol. The Bertz CT molecular complexity index is 789. The summed E-state index contributed by atoms with van der Waals surface area (Å²) < 4.78 is 9.17. The van der Waals surface area contributed by atoms with Gasteiger partial charge in [0.25, 0.3) is 0 Å². The standard InChI is InChI=1S/C19H21NO4S/c1-11-7-6-10-20(11)16-14-12-8-4-5-9-13(12)25-19(14,18(22)24-3)15(16)17(21)23-2/h4-5,8-9,11,14H,6-7,10H2,1-3H3/t11-,14+,19+/m0/s1. The molecule has 0 bridgehead atoms. The Morgan fingerprint density at radius 2 is 2.00 bits per heavy atom. The van der Waals surface area contributed by atoms with Crippen LogP contribution in [0.15, 0.2) is 40.4 Å². The van der Waals surface area contributed by atoms with Gasteiger partial charge in [0.15, 0.2) is 4.75 Å². The zero-order valence-electron chi connectivity index (χ0n) is 14.6. The molecule has 132 valence electrons. The molecule has 1 aromatic carbocycles. The average Bonchev–Trinajstić information content (AvgIpc) is 3.15. The first-order valence-electron chi connectivity index (χ1n) is 8.52. The van der Waals surface area contributed by atoms with E-state index in [-0.39, 0.29) is 11.9 Å². The Hall–Kier alpha value is -1.95. The van der Waals surface area contributed by atoms with Crippen LogP contribution in [0, 0.1) is 0 Å². The molecule has 0 radical (unpaired) electrons. The Balaban J connectivity index is 1.93. The summed E-state index contributed by atoms with van der Waals surface area (Å²) in [6, 6.07) is 8.34. The van der Waals surface area contributed by atoms with Crippen molar-refractivity contribution >= 4 is 23.7 Å². The van der Waals surface area contributed by atoms with Gasteiger partial charge in [0.05, 0.1) is 25.7 Å². The summed E-state index contributed by atoms with van der Waals surface area (Å²) in [5.41, 5.74) is 2.50. The predicted molar refractivity (Wildman–Crippen MR) is 94.2 cm³/mol. The van der Waals surface area contributed by atoms with E-state index >= 15 is 0 Å². The number of ether oxygens (including phenoxy) is 2. The van der Waals surface area contributed by atoms with Gasteiger partial charge in [0, 0.05) is 23.2 Å². The third kappa shape index (κ3) is 2.03. The SMILES string of the molecule is COC(=O)C1=C(N2CCC[C@@H]2C)[C@H]2c3ccccc3S[C@@]12C(=O)OC. The Labute approximate surface area is 151 Å². The van der Waals surface area contributed by atoms with Crippen LogP contribution in [0.25, 0.3) is 0 Å². The summed E-state index contributed by atoms with van der Waals surface area (Å²) in [6.07, 6.45) is 2.18. The fourth-order valence-electron chi connectivity index (χ4n) is 4.43. The van der Waals surface area contributed by atoms with Crippen molar-refractivity contribution in [3.8, 4) is 0 Å². The fourth-order valence-corrected chi connectivity index (χ4v) is 6.04. The number of fused-ring (bicyclic) bond motifs is 3. The van der Waals surface area contributed by atoms with Gasteiger partial charge in [-0.2, -0.15) is 0 Å².